The number of aromatic nitrogens is 1. The maximum atomic E-state index is 14.3. The fraction of sp³-hybridized carbons (Fsp3) is 0.638. The van der Waals surface area contributed by atoms with Crippen LogP contribution in [0.4, 0.5) is 0 Å². The molecule has 0 bridgehead atoms. The number of thiophene rings is 1. The Morgan fingerprint density at radius 1 is 0.740 bits per heavy atom. The van der Waals surface area contributed by atoms with Gasteiger partial charge in [-0.05, 0) is 82.8 Å². The first-order valence-corrected chi connectivity index (χ1v) is 28.1. The van der Waals surface area contributed by atoms with E-state index in [-0.39, 0.29) is 24.3 Å². The van der Waals surface area contributed by atoms with Crippen molar-refractivity contribution in [2.75, 3.05) is 31.0 Å². The number of aryl methyl sites for hydroxylation is 1. The van der Waals surface area contributed by atoms with Crippen LogP contribution in [0.1, 0.15) is 74.1 Å². The molecule has 0 saturated carbocycles. The minimum atomic E-state index is -1.79. The summed E-state index contributed by atoms with van der Waals surface area (Å²) in [5.41, 5.74) is 5.18. The van der Waals surface area contributed by atoms with E-state index in [1.165, 1.54) is 57.7 Å². The molecule has 430 valence electrons. The summed E-state index contributed by atoms with van der Waals surface area (Å²) in [5.74, 6) is -10.7. The van der Waals surface area contributed by atoms with Gasteiger partial charge in [-0.2, -0.15) is 11.8 Å². The van der Waals surface area contributed by atoms with Gasteiger partial charge in [0, 0.05) is 30.8 Å². The summed E-state index contributed by atoms with van der Waals surface area (Å²) in [7, 11) is 0. The number of hydrogen-bond donors (Lipinski definition) is 15. The van der Waals surface area contributed by atoms with Crippen molar-refractivity contribution in [2.24, 2.45) is 11.7 Å². The molecule has 0 spiro atoms. The molecule has 2 aromatic rings. The third-order valence-electron chi connectivity index (χ3n) is 12.1. The van der Waals surface area contributed by atoms with Crippen LogP contribution in [0.5, 0.6) is 0 Å². The van der Waals surface area contributed by atoms with Crippen LogP contribution in [0.2, 0.25) is 0 Å². The minimum Gasteiger partial charge on any atom is -0.394 e. The van der Waals surface area contributed by atoms with Gasteiger partial charge in [0.1, 0.15) is 60.4 Å². The van der Waals surface area contributed by atoms with Gasteiger partial charge in [0.05, 0.1) is 35.1 Å². The van der Waals surface area contributed by atoms with Gasteiger partial charge < -0.3 is 83.9 Å². The Hall–Kier alpha value is -6.05. The molecule has 3 heterocycles. The van der Waals surface area contributed by atoms with E-state index >= 15 is 0 Å². The molecule has 0 aliphatic carbocycles. The van der Waals surface area contributed by atoms with Crippen molar-refractivity contribution in [3.8, 4) is 0 Å². The molecule has 30 heteroatoms. The smallest absolute Gasteiger partial charge is 0.245 e. The van der Waals surface area contributed by atoms with Crippen molar-refractivity contribution in [1.82, 2.24) is 57.7 Å². The van der Waals surface area contributed by atoms with Crippen molar-refractivity contribution >= 4 is 110 Å². The fourth-order valence-electron chi connectivity index (χ4n) is 7.66. The second-order valence-corrected chi connectivity index (χ2v) is 21.8. The van der Waals surface area contributed by atoms with E-state index in [2.05, 4.69) is 53.2 Å². The van der Waals surface area contributed by atoms with E-state index in [9.17, 15) is 73.2 Å². The van der Waals surface area contributed by atoms with Crippen LogP contribution in [-0.2, 0) is 59.3 Å². The Balaban J connectivity index is 2.13. The van der Waals surface area contributed by atoms with E-state index in [1.54, 1.807) is 20.1 Å². The lowest BCUT2D eigenvalue weighted by Crippen LogP contribution is -2.63. The molecule has 0 saturated heterocycles. The fourth-order valence-corrected chi connectivity index (χ4v) is 10.2. The Labute approximate surface area is 457 Å². The summed E-state index contributed by atoms with van der Waals surface area (Å²) in [6.07, 6.45) is 1.01. The maximum absolute atomic E-state index is 14.3. The molecule has 27 nitrogen and oxygen atoms in total. The van der Waals surface area contributed by atoms with Crippen LogP contribution in [-0.4, -0.2) is 194 Å². The lowest BCUT2D eigenvalue weighted by atomic mass is 10.0. The van der Waals surface area contributed by atoms with Crippen LogP contribution >= 0.6 is 34.9 Å². The summed E-state index contributed by atoms with van der Waals surface area (Å²) in [6, 6.07) is -13.0. The molecule has 0 aromatic carbocycles. The number of aliphatic hydroxyl groups excluding tert-OH is 4. The molecule has 2 aromatic heterocycles. The van der Waals surface area contributed by atoms with Gasteiger partial charge >= 0.3 is 0 Å². The molecule has 0 fully saturated rings. The lowest BCUT2D eigenvalue weighted by Gasteiger charge is -2.30. The van der Waals surface area contributed by atoms with Crippen molar-refractivity contribution in [3.63, 3.8) is 0 Å². The Morgan fingerprint density at radius 3 is 1.90 bits per heavy atom. The van der Waals surface area contributed by atoms with Crippen LogP contribution in [0.25, 0.3) is 10.1 Å². The number of aliphatic hydroxyl groups is 4. The minimum absolute atomic E-state index is 0.0332. The summed E-state index contributed by atoms with van der Waals surface area (Å²) in [4.78, 5) is 147. The van der Waals surface area contributed by atoms with Gasteiger partial charge in [0.15, 0.2) is 0 Å². The first-order valence-electron chi connectivity index (χ1n) is 24.8. The maximum Gasteiger partial charge on any atom is 0.245 e. The second-order valence-electron chi connectivity index (χ2n) is 18.8. The van der Waals surface area contributed by atoms with Gasteiger partial charge in [-0.1, -0.05) is 13.8 Å². The van der Waals surface area contributed by atoms with Crippen LogP contribution in [0.15, 0.2) is 22.7 Å². The highest BCUT2D eigenvalue weighted by atomic mass is 32.2. The summed E-state index contributed by atoms with van der Waals surface area (Å²) < 4.78 is 2.71. The molecule has 1 aliphatic rings. The highest BCUT2D eigenvalue weighted by Gasteiger charge is 2.38. The molecule has 0 unspecified atom stereocenters. The zero-order valence-electron chi connectivity index (χ0n) is 44.1. The zero-order chi connectivity index (χ0) is 57.8. The third kappa shape index (κ3) is 19.7. The first kappa shape index (κ1) is 65.2. The molecule has 0 radical (unpaired) electrons. The first-order chi connectivity index (χ1) is 36.2. The number of nitrogens with zero attached hydrogens (tertiary/aromatic N) is 1. The van der Waals surface area contributed by atoms with Crippen LogP contribution < -0.4 is 58.9 Å². The van der Waals surface area contributed by atoms with Crippen molar-refractivity contribution < 1.29 is 73.2 Å². The molecule has 11 amide bonds. The molecular weight excluding hydrogens is 1070 g/mol. The lowest BCUT2D eigenvalue weighted by molar-refractivity contribution is -0.138. The average Bonchev–Trinajstić information content (AvgIpc) is 3.95. The monoisotopic (exact) mass is 1140 g/mol. The predicted octanol–water partition coefficient (Wildman–Crippen LogP) is -4.47. The van der Waals surface area contributed by atoms with Gasteiger partial charge in [-0.15, -0.1) is 23.1 Å². The quantitative estimate of drug-likeness (QED) is 0.0669. The molecule has 3 rings (SSSR count). The molecule has 12 atom stereocenters. The number of nitrogens with two attached hydrogens (primary N) is 1. The Bertz CT molecular complexity index is 2420. The second kappa shape index (κ2) is 31.4. The van der Waals surface area contributed by atoms with Crippen molar-refractivity contribution in [2.45, 2.75) is 158 Å². The Kier molecular flexibility index (Phi) is 26.6. The normalized spacial score (nSPS) is 23.1. The highest BCUT2D eigenvalue weighted by Crippen LogP contribution is 2.34. The standard InChI is InChI=1S/C47H74N12O15S3/c1-21(2)34-44(72)58-36(25(6)63)45(73)52-29(13-15-75-8)41(69)57-35(24(5)62)46(74)55-32(43(71)54-31(19-61)42(70)50-23(4)39(67)53-30(18-60)37(48)65)20-77-47-27-12-16-76-33(27)17-59(47)14-10-9-11-28(40(68)56-34)51-38(66)22(3)49-26(7)64/h12,16-17,21-25,28-32,34-36,60-63H,9-11,13-15,18-20H2,1-8H3,(H2,48,65)(H,49,64)(H,50,70)(H,51,66)(H,52,73)(H,53,67)(H,54,71)(H,55,74)(H,56,68)(H,57,69)(H,58,72)/t22-,23-,24+,25+,28-,29-,30-,31-,32-,34-,35-,36-/m0/s1. The number of fused-ring (bicyclic) bond motifs is 3. The van der Waals surface area contributed by atoms with Crippen molar-refractivity contribution in [1.29, 1.82) is 0 Å². The third-order valence-corrected chi connectivity index (χ3v) is 14.8. The van der Waals surface area contributed by atoms with E-state index in [4.69, 9.17) is 5.73 Å². The molecule has 16 N–H and O–H groups in total. The number of primary amides is 1. The summed E-state index contributed by atoms with van der Waals surface area (Å²) in [6.45, 7) is 7.93. The number of hydrogen-bond acceptors (Lipinski definition) is 18. The summed E-state index contributed by atoms with van der Waals surface area (Å²) >= 11 is 3.80. The van der Waals surface area contributed by atoms with Gasteiger partial charge in [0.25, 0.3) is 0 Å². The molecular formula is C47H74N12O15S3. The van der Waals surface area contributed by atoms with E-state index in [0.29, 0.717) is 24.4 Å². The van der Waals surface area contributed by atoms with Crippen molar-refractivity contribution in [3.05, 3.63) is 17.6 Å². The molecule has 1 aliphatic heterocycles. The number of rotatable bonds is 18. The van der Waals surface area contributed by atoms with Crippen LogP contribution in [0, 0.1) is 5.92 Å². The SMILES string of the molecule is CSCC[C@@H]1NC(=O)[C@H]([C@@H](C)O)NC(=O)[C@H](C(C)C)NC(=O)[C@@H](NC(=O)[C@H](C)NC(C)=O)CCCCn2cc3sccc3c2SC[C@@H](C(=O)N[C@@H](CO)C(=O)N[C@@H](C)C(=O)N[C@@H](CO)C(N)=O)NC(=O)[C@H]([C@@H](C)O)NC1=O. The van der Waals surface area contributed by atoms with Gasteiger partial charge in [0.2, 0.25) is 65.0 Å². The average molecular weight is 1140 g/mol. The van der Waals surface area contributed by atoms with Gasteiger partial charge in [-0.25, -0.2) is 0 Å². The largest absolute Gasteiger partial charge is 0.394 e. The van der Waals surface area contributed by atoms with E-state index in [1.807, 2.05) is 22.2 Å². The van der Waals surface area contributed by atoms with E-state index in [0.717, 1.165) is 21.8 Å². The topological polar surface area (TPSA) is 420 Å². The van der Waals surface area contributed by atoms with Gasteiger partial charge in [-0.3, -0.25) is 52.7 Å². The number of nitrogens with one attached hydrogen (secondary N) is 10. The number of thioether (sulfide) groups is 2. The number of carbonyl (C=O) groups is 11. The number of carbonyl (C=O) groups excluding carboxylic acids is 11. The summed E-state index contributed by atoms with van der Waals surface area (Å²) in [5, 5.41) is 69.2. The zero-order valence-corrected chi connectivity index (χ0v) is 46.6. The Morgan fingerprint density at radius 2 is 1.32 bits per heavy atom. The number of amides is 11. The van der Waals surface area contributed by atoms with E-state index < -0.39 is 157 Å². The molecule has 77 heavy (non-hydrogen) atoms. The predicted molar refractivity (Wildman–Crippen MR) is 285 cm³/mol. The highest BCUT2D eigenvalue weighted by molar-refractivity contribution is 7.99. The van der Waals surface area contributed by atoms with Crippen LogP contribution in [0.3, 0.4) is 0 Å².